The summed E-state index contributed by atoms with van der Waals surface area (Å²) >= 11 is 0. The summed E-state index contributed by atoms with van der Waals surface area (Å²) in [6.07, 6.45) is -0.479. The van der Waals surface area contributed by atoms with E-state index in [1.807, 2.05) is 4.90 Å². The summed E-state index contributed by atoms with van der Waals surface area (Å²) in [4.78, 5) is 1.98. The van der Waals surface area contributed by atoms with Crippen molar-refractivity contribution in [3.8, 4) is 0 Å². The highest BCUT2D eigenvalue weighted by Crippen LogP contribution is 2.11. The van der Waals surface area contributed by atoms with Gasteiger partial charge in [-0.3, -0.25) is 4.90 Å². The minimum atomic E-state index is -0.397. The van der Waals surface area contributed by atoms with Crippen LogP contribution in [0.5, 0.6) is 0 Å². The lowest BCUT2D eigenvalue weighted by Crippen LogP contribution is -2.25. The van der Waals surface area contributed by atoms with E-state index in [9.17, 15) is 5.11 Å². The number of rotatable bonds is 3. The molecule has 11 heavy (non-hydrogen) atoms. The van der Waals surface area contributed by atoms with Gasteiger partial charge in [-0.15, -0.1) is 0 Å². The Hall–Kier alpha value is -0.160. The number of methoxy groups -OCH3 is 1. The molecule has 4 heteroatoms. The fourth-order valence-electron chi connectivity index (χ4n) is 1.39. The van der Waals surface area contributed by atoms with Crippen molar-refractivity contribution in [2.75, 3.05) is 33.4 Å². The number of aliphatic hydroxyl groups is 2. The van der Waals surface area contributed by atoms with Gasteiger partial charge in [-0.25, -0.2) is 0 Å². The van der Waals surface area contributed by atoms with E-state index in [0.29, 0.717) is 13.1 Å². The Labute approximate surface area is 66.4 Å². The first-order valence-electron chi connectivity index (χ1n) is 3.82. The van der Waals surface area contributed by atoms with E-state index >= 15 is 0 Å². The fourth-order valence-corrected chi connectivity index (χ4v) is 1.39. The summed E-state index contributed by atoms with van der Waals surface area (Å²) < 4.78 is 5.03. The molecule has 0 amide bonds. The molecule has 0 aromatic carbocycles. The predicted octanol–water partition coefficient (Wildman–Crippen LogP) is -1.33. The average molecular weight is 161 g/mol. The Kier molecular flexibility index (Phi) is 3.26. The van der Waals surface area contributed by atoms with E-state index in [-0.39, 0.29) is 12.7 Å². The Morgan fingerprint density at radius 3 is 2.73 bits per heavy atom. The highest BCUT2D eigenvalue weighted by molar-refractivity contribution is 4.83. The molecule has 0 aromatic rings. The molecule has 2 N–H and O–H groups in total. The van der Waals surface area contributed by atoms with Crippen LogP contribution < -0.4 is 0 Å². The molecule has 2 atom stereocenters. The largest absolute Gasteiger partial charge is 0.395 e. The quantitative estimate of drug-likeness (QED) is 0.538. The van der Waals surface area contributed by atoms with Crippen molar-refractivity contribution in [2.45, 2.75) is 12.2 Å². The van der Waals surface area contributed by atoms with Gasteiger partial charge in [0, 0.05) is 26.7 Å². The topological polar surface area (TPSA) is 52.9 Å². The van der Waals surface area contributed by atoms with Crippen LogP contribution in [0.25, 0.3) is 0 Å². The van der Waals surface area contributed by atoms with Crippen molar-refractivity contribution in [2.24, 2.45) is 0 Å². The molecule has 0 aromatic heterocycles. The maximum absolute atomic E-state index is 9.34. The first-order chi connectivity index (χ1) is 5.27. The number of hydrogen-bond acceptors (Lipinski definition) is 4. The van der Waals surface area contributed by atoms with Gasteiger partial charge in [0.05, 0.1) is 18.8 Å². The molecular formula is C7H15NO3. The molecule has 1 fully saturated rings. The number of hydrogen-bond donors (Lipinski definition) is 2. The SMILES string of the molecule is CO[C@@H]1CN(CCO)C[C@@H]1O. The van der Waals surface area contributed by atoms with Crippen LogP contribution in [-0.4, -0.2) is 60.7 Å². The summed E-state index contributed by atoms with van der Waals surface area (Å²) in [5, 5.41) is 17.9. The van der Waals surface area contributed by atoms with Crippen LogP contribution in [0.3, 0.4) is 0 Å². The number of β-amino-alcohol motifs (C(OH)–C–C–N with tert-alkyl or cyclic N) is 2. The Morgan fingerprint density at radius 1 is 1.55 bits per heavy atom. The second-order valence-electron chi connectivity index (χ2n) is 2.82. The zero-order valence-electron chi connectivity index (χ0n) is 6.73. The van der Waals surface area contributed by atoms with Gasteiger partial charge < -0.3 is 14.9 Å². The molecule has 0 aliphatic carbocycles. The van der Waals surface area contributed by atoms with Crippen molar-refractivity contribution in [1.29, 1.82) is 0 Å². The number of aliphatic hydroxyl groups excluding tert-OH is 2. The smallest absolute Gasteiger partial charge is 0.0969 e. The van der Waals surface area contributed by atoms with Crippen molar-refractivity contribution < 1.29 is 14.9 Å². The maximum Gasteiger partial charge on any atom is 0.0969 e. The second-order valence-corrected chi connectivity index (χ2v) is 2.82. The Bertz CT molecular complexity index is 120. The van der Waals surface area contributed by atoms with Crippen molar-refractivity contribution in [3.05, 3.63) is 0 Å². The van der Waals surface area contributed by atoms with Crippen LogP contribution in [0.1, 0.15) is 0 Å². The summed E-state index contributed by atoms with van der Waals surface area (Å²) in [5.74, 6) is 0. The first kappa shape index (κ1) is 8.93. The highest BCUT2D eigenvalue weighted by atomic mass is 16.5. The summed E-state index contributed by atoms with van der Waals surface area (Å²) in [5.41, 5.74) is 0. The number of likely N-dealkylation sites (tertiary alicyclic amines) is 1. The van der Waals surface area contributed by atoms with Crippen LogP contribution in [-0.2, 0) is 4.74 Å². The Balaban J connectivity index is 2.30. The monoisotopic (exact) mass is 161 g/mol. The van der Waals surface area contributed by atoms with Crippen molar-refractivity contribution in [3.63, 3.8) is 0 Å². The van der Waals surface area contributed by atoms with E-state index in [1.54, 1.807) is 7.11 Å². The van der Waals surface area contributed by atoms with Gasteiger partial charge in [0.2, 0.25) is 0 Å². The van der Waals surface area contributed by atoms with Gasteiger partial charge in [0.15, 0.2) is 0 Å². The summed E-state index contributed by atoms with van der Waals surface area (Å²) in [7, 11) is 1.59. The molecule has 0 saturated carbocycles. The average Bonchev–Trinajstić information content (AvgIpc) is 2.32. The minimum absolute atomic E-state index is 0.0819. The standard InChI is InChI=1S/C7H15NO3/c1-11-7-5-8(2-3-9)4-6(7)10/h6-7,9-10H,2-5H2,1H3/t6-,7+/m0/s1. The lowest BCUT2D eigenvalue weighted by molar-refractivity contribution is 0.0214. The third-order valence-electron chi connectivity index (χ3n) is 2.03. The van der Waals surface area contributed by atoms with Gasteiger partial charge in [0.25, 0.3) is 0 Å². The second kappa shape index (κ2) is 4.01. The number of ether oxygens (including phenoxy) is 1. The van der Waals surface area contributed by atoms with Gasteiger partial charge in [-0.1, -0.05) is 0 Å². The van der Waals surface area contributed by atoms with Gasteiger partial charge in [-0.2, -0.15) is 0 Å². The van der Waals surface area contributed by atoms with Crippen LogP contribution in [0.4, 0.5) is 0 Å². The van der Waals surface area contributed by atoms with Crippen molar-refractivity contribution >= 4 is 0 Å². The molecule has 0 radical (unpaired) electrons. The van der Waals surface area contributed by atoms with Gasteiger partial charge in [-0.05, 0) is 0 Å². The highest BCUT2D eigenvalue weighted by Gasteiger charge is 2.30. The molecule has 0 spiro atoms. The first-order valence-corrected chi connectivity index (χ1v) is 3.82. The van der Waals surface area contributed by atoms with Crippen molar-refractivity contribution in [1.82, 2.24) is 4.90 Å². The lowest BCUT2D eigenvalue weighted by atomic mass is 10.3. The van der Waals surface area contributed by atoms with E-state index < -0.39 is 6.10 Å². The van der Waals surface area contributed by atoms with Crippen LogP contribution >= 0.6 is 0 Å². The third kappa shape index (κ3) is 2.13. The third-order valence-corrected chi connectivity index (χ3v) is 2.03. The lowest BCUT2D eigenvalue weighted by Gasteiger charge is -2.12. The van der Waals surface area contributed by atoms with E-state index in [4.69, 9.17) is 9.84 Å². The predicted molar refractivity (Wildman–Crippen MR) is 40.3 cm³/mol. The molecule has 4 nitrogen and oxygen atoms in total. The van der Waals surface area contributed by atoms with Gasteiger partial charge in [0.1, 0.15) is 0 Å². The molecule has 1 heterocycles. The van der Waals surface area contributed by atoms with Gasteiger partial charge >= 0.3 is 0 Å². The van der Waals surface area contributed by atoms with Crippen LogP contribution in [0.2, 0.25) is 0 Å². The molecule has 1 aliphatic rings. The fraction of sp³-hybridized carbons (Fsp3) is 1.00. The summed E-state index contributed by atoms with van der Waals surface area (Å²) in [6.45, 7) is 2.09. The molecule has 0 bridgehead atoms. The Morgan fingerprint density at radius 2 is 2.27 bits per heavy atom. The zero-order chi connectivity index (χ0) is 8.27. The van der Waals surface area contributed by atoms with E-state index in [0.717, 1.165) is 6.54 Å². The minimum Gasteiger partial charge on any atom is -0.395 e. The van der Waals surface area contributed by atoms with Crippen LogP contribution in [0.15, 0.2) is 0 Å². The number of nitrogens with zero attached hydrogens (tertiary/aromatic N) is 1. The summed E-state index contributed by atoms with van der Waals surface area (Å²) in [6, 6.07) is 0. The molecule has 1 rings (SSSR count). The maximum atomic E-state index is 9.34. The van der Waals surface area contributed by atoms with E-state index in [1.165, 1.54) is 0 Å². The molecular weight excluding hydrogens is 146 g/mol. The van der Waals surface area contributed by atoms with E-state index in [2.05, 4.69) is 0 Å². The van der Waals surface area contributed by atoms with Crippen LogP contribution in [0, 0.1) is 0 Å². The molecule has 1 aliphatic heterocycles. The molecule has 1 saturated heterocycles. The normalized spacial score (nSPS) is 33.0. The molecule has 0 unspecified atom stereocenters. The molecule has 66 valence electrons. The zero-order valence-corrected chi connectivity index (χ0v) is 6.73.